The van der Waals surface area contributed by atoms with Gasteiger partial charge in [-0.25, -0.2) is 0 Å². The van der Waals surface area contributed by atoms with Gasteiger partial charge in [-0.2, -0.15) is 0 Å². The number of benzene rings is 4. The van der Waals surface area contributed by atoms with Gasteiger partial charge in [-0.15, -0.1) is 0 Å². The van der Waals surface area contributed by atoms with Gasteiger partial charge in [-0.3, -0.25) is 4.79 Å². The molecule has 1 N–H and O–H groups in total. The van der Waals surface area contributed by atoms with Crippen LogP contribution >= 0.6 is 11.3 Å². The Morgan fingerprint density at radius 1 is 0.824 bits per heavy atom. The molecule has 0 saturated heterocycles. The molecular weight excluding hydrogens is 938 g/mol. The summed E-state index contributed by atoms with van der Waals surface area (Å²) in [5.74, 6) is 0.547. The van der Waals surface area contributed by atoms with Crippen molar-refractivity contribution in [1.82, 2.24) is 4.98 Å². The largest absolute Gasteiger partial charge is 0.512 e. The first kappa shape index (κ1) is 39.4. The average Bonchev–Trinajstić information content (AvgIpc) is 3.70. The maximum atomic E-state index is 11.7. The number of rotatable bonds is 9. The number of thiophene rings is 1. The fourth-order valence-corrected chi connectivity index (χ4v) is 11.4. The molecule has 7 aromatic rings. The smallest absolute Gasteiger partial charge is 0.162 e. The van der Waals surface area contributed by atoms with Crippen molar-refractivity contribution >= 4 is 88.1 Å². The number of hydrogen-bond donors (Lipinski definition) is 1. The molecule has 3 aromatic heterocycles. The monoisotopic (exact) mass is 989 g/mol. The zero-order chi connectivity index (χ0) is 35.6. The van der Waals surface area contributed by atoms with Gasteiger partial charge in [0.1, 0.15) is 0 Å². The normalized spacial score (nSPS) is 12.3. The van der Waals surface area contributed by atoms with E-state index in [0.29, 0.717) is 0 Å². The van der Waals surface area contributed by atoms with Crippen LogP contribution in [0.1, 0.15) is 79.7 Å². The molecule has 6 heteroatoms. The van der Waals surface area contributed by atoms with E-state index < -0.39 is 20.4 Å². The molecule has 51 heavy (non-hydrogen) atoms. The second-order valence-corrected chi connectivity index (χ2v) is 18.6. The zero-order valence-electron chi connectivity index (χ0n) is 30.7. The van der Waals surface area contributed by atoms with Crippen molar-refractivity contribution in [2.75, 3.05) is 0 Å². The van der Waals surface area contributed by atoms with Gasteiger partial charge < -0.3 is 5.11 Å². The van der Waals surface area contributed by atoms with Crippen LogP contribution in [-0.2, 0) is 31.3 Å². The molecule has 7 rings (SSSR count). The number of hydrogen-bond acceptors (Lipinski definition) is 4. The second-order valence-electron chi connectivity index (χ2n) is 14.6. The van der Waals surface area contributed by atoms with Crippen molar-refractivity contribution in [3.63, 3.8) is 0 Å². The Labute approximate surface area is 330 Å². The van der Waals surface area contributed by atoms with Crippen LogP contribution in [0.2, 0.25) is 0 Å². The first-order valence-corrected chi connectivity index (χ1v) is 21.2. The molecule has 267 valence electrons. The Morgan fingerprint density at radius 2 is 1.51 bits per heavy atom. The topological polar surface area (TPSA) is 50.2 Å². The first-order valence-electron chi connectivity index (χ1n) is 18.1. The molecule has 0 aliphatic carbocycles. The van der Waals surface area contributed by atoms with E-state index in [4.69, 9.17) is 4.98 Å². The van der Waals surface area contributed by atoms with Gasteiger partial charge in [0.25, 0.3) is 0 Å². The Kier molecular flexibility index (Phi) is 13.0. The maximum absolute atomic E-state index is 11.7. The van der Waals surface area contributed by atoms with Gasteiger partial charge in [0.15, 0.2) is 5.78 Å². The Bertz CT molecular complexity index is 2300. The molecule has 0 unspecified atom stereocenters. The molecule has 3 heterocycles. The van der Waals surface area contributed by atoms with Gasteiger partial charge in [0.2, 0.25) is 0 Å². The molecule has 0 bridgehead atoms. The van der Waals surface area contributed by atoms with Crippen LogP contribution < -0.4 is 0 Å². The molecule has 0 fully saturated rings. The number of carbonyl (C=O) groups excluding carboxylic acids is 1. The van der Waals surface area contributed by atoms with E-state index in [1.165, 1.54) is 65.7 Å². The van der Waals surface area contributed by atoms with Crippen LogP contribution in [-0.4, -0.2) is 36.3 Å². The summed E-state index contributed by atoms with van der Waals surface area (Å²) in [6, 6.07) is 30.9. The van der Waals surface area contributed by atoms with Gasteiger partial charge in [0.05, 0.1) is 5.76 Å². The summed E-state index contributed by atoms with van der Waals surface area (Å²) in [5.41, 5.74) is 2.84. The fourth-order valence-electron chi connectivity index (χ4n) is 6.97. The van der Waals surface area contributed by atoms with E-state index in [1.807, 2.05) is 45.2 Å². The van der Waals surface area contributed by atoms with Gasteiger partial charge in [0, 0.05) is 38.0 Å². The molecule has 1 radical (unpaired) electrons. The number of fused-ring (bicyclic) bond motifs is 7. The standard InChI is InChI=1S/C32H24NSTe.C13H24O2.Ir/c1-32(2,3)18-19-8-9-20-16-26-21(15-23(20)14-19)10-11-24-25-12-13-33-29(31(25)34-30(24)26)28-17-22-6-4-5-7-27(22)35-28;1-5-10(6-2)12(14)9-13(15)11(7-3)8-4;/h4-16H,18H2,1-3H3;9-11,14H,5-8H2,1-4H3;/q-1;;/b;12-9-;. The van der Waals surface area contributed by atoms with E-state index in [2.05, 4.69) is 99.6 Å². The van der Waals surface area contributed by atoms with Crippen molar-refractivity contribution in [2.24, 2.45) is 17.3 Å². The zero-order valence-corrected chi connectivity index (χ0v) is 36.3. The summed E-state index contributed by atoms with van der Waals surface area (Å²) in [7, 11) is 0. The molecule has 0 atom stereocenters. The Hall–Kier alpha value is -2.84. The summed E-state index contributed by atoms with van der Waals surface area (Å²) in [6.45, 7) is 15.0. The SMILES string of the molecule is CC(C)(C)Cc1ccc2cc3c(ccc4c5ccnc(-c6[c-]c7ccccc7[te]6)c5sc34)cc2c1.CCC(CC)C(=O)/C=C(\O)C(CC)CC.[Ir]. The van der Waals surface area contributed by atoms with Gasteiger partial charge in [-0.1, -0.05) is 48.5 Å². The van der Waals surface area contributed by atoms with Crippen LogP contribution in [0.3, 0.4) is 0 Å². The molecule has 0 spiro atoms. The number of carbonyl (C=O) groups is 1. The summed E-state index contributed by atoms with van der Waals surface area (Å²) in [5, 5.41) is 19.0. The van der Waals surface area contributed by atoms with Crippen molar-refractivity contribution in [3.8, 4) is 9.27 Å². The third-order valence-electron chi connectivity index (χ3n) is 9.77. The molecule has 0 amide bonds. The van der Waals surface area contributed by atoms with E-state index in [0.717, 1.165) is 37.8 Å². The second kappa shape index (κ2) is 16.9. The number of ketones is 1. The summed E-state index contributed by atoms with van der Waals surface area (Å²) < 4.78 is 5.46. The number of aliphatic hydroxyl groups is 1. The number of nitrogens with zero attached hydrogens (tertiary/aromatic N) is 1. The first-order chi connectivity index (χ1) is 24.0. The minimum Gasteiger partial charge on any atom is -0.512 e. The molecule has 0 aliphatic rings. The number of aromatic nitrogens is 1. The fraction of sp³-hybridized carbons (Fsp3) is 0.333. The van der Waals surface area contributed by atoms with Crippen molar-refractivity contribution in [1.29, 1.82) is 0 Å². The van der Waals surface area contributed by atoms with Gasteiger partial charge >= 0.3 is 194 Å². The van der Waals surface area contributed by atoms with Gasteiger partial charge in [-0.05, 0) is 31.1 Å². The van der Waals surface area contributed by atoms with Crippen molar-refractivity contribution in [3.05, 3.63) is 102 Å². The number of allylic oxidation sites excluding steroid dienone is 2. The molecule has 3 nitrogen and oxygen atoms in total. The van der Waals surface area contributed by atoms with E-state index >= 15 is 0 Å². The van der Waals surface area contributed by atoms with Crippen LogP contribution in [0.15, 0.2) is 90.8 Å². The Morgan fingerprint density at radius 3 is 2.20 bits per heavy atom. The van der Waals surface area contributed by atoms with Crippen LogP contribution in [0, 0.1) is 23.3 Å². The molecule has 4 aromatic carbocycles. The molecular formula is C45H48IrNO2STe-. The van der Waals surface area contributed by atoms with Crippen LogP contribution in [0.25, 0.3) is 59.8 Å². The summed E-state index contributed by atoms with van der Waals surface area (Å²) in [4.78, 5) is 16.6. The minimum absolute atomic E-state index is 0. The Balaban J connectivity index is 0.000000271. The average molecular weight is 987 g/mol. The quantitative estimate of drug-likeness (QED) is 0.0515. The van der Waals surface area contributed by atoms with Crippen molar-refractivity contribution in [2.45, 2.75) is 80.6 Å². The minimum atomic E-state index is -0.460. The molecule has 0 saturated carbocycles. The maximum Gasteiger partial charge on any atom is 0.162 e. The number of pyridine rings is 1. The van der Waals surface area contributed by atoms with Crippen LogP contribution in [0.5, 0.6) is 0 Å². The molecule has 0 aliphatic heterocycles. The van der Waals surface area contributed by atoms with E-state index in [9.17, 15) is 9.90 Å². The van der Waals surface area contributed by atoms with Crippen LogP contribution in [0.4, 0.5) is 0 Å². The predicted molar refractivity (Wildman–Crippen MR) is 218 cm³/mol. The predicted octanol–water partition coefficient (Wildman–Crippen LogP) is 12.9. The third-order valence-corrected chi connectivity index (χ3v) is 14.1. The third kappa shape index (κ3) is 8.70. The summed E-state index contributed by atoms with van der Waals surface area (Å²) >= 11 is 1.44. The summed E-state index contributed by atoms with van der Waals surface area (Å²) in [6.07, 6.45) is 7.98. The van der Waals surface area contributed by atoms with E-state index in [1.54, 1.807) is 0 Å². The van der Waals surface area contributed by atoms with Crippen molar-refractivity contribution < 1.29 is 30.0 Å². The number of aliphatic hydroxyl groups excluding tert-OH is 1. The van der Waals surface area contributed by atoms with E-state index in [-0.39, 0.29) is 48.9 Å².